The van der Waals surface area contributed by atoms with Crippen LogP contribution < -0.4 is 0 Å². The van der Waals surface area contributed by atoms with E-state index in [1.807, 2.05) is 24.3 Å². The summed E-state index contributed by atoms with van der Waals surface area (Å²) >= 11 is 13.3. The highest BCUT2D eigenvalue weighted by Gasteiger charge is 2.78. The van der Waals surface area contributed by atoms with Crippen LogP contribution in [-0.2, 0) is 20.7 Å². The van der Waals surface area contributed by atoms with Crippen molar-refractivity contribution in [1.29, 1.82) is 0 Å². The van der Waals surface area contributed by atoms with Gasteiger partial charge in [0.25, 0.3) is 0 Å². The second-order valence-electron chi connectivity index (χ2n) is 9.78. The van der Waals surface area contributed by atoms with E-state index < -0.39 is 11.2 Å². The van der Waals surface area contributed by atoms with Crippen LogP contribution in [0.2, 0.25) is 10.0 Å². The minimum absolute atomic E-state index is 0.0420. The van der Waals surface area contributed by atoms with Crippen molar-refractivity contribution in [2.45, 2.75) is 23.4 Å². The zero-order chi connectivity index (χ0) is 22.7. The molecule has 4 heteroatoms. The van der Waals surface area contributed by atoms with Crippen molar-refractivity contribution >= 4 is 23.2 Å². The molecule has 4 aliphatic rings. The fourth-order valence-electron chi connectivity index (χ4n) is 7.40. The second-order valence-corrected chi connectivity index (χ2v) is 10.6. The van der Waals surface area contributed by atoms with Gasteiger partial charge in [-0.1, -0.05) is 108 Å². The minimum Gasteiger partial charge on any atom is -0.365 e. The number of ether oxygens (including phenoxy) is 2. The van der Waals surface area contributed by atoms with E-state index in [1.54, 1.807) is 0 Å². The van der Waals surface area contributed by atoms with Crippen molar-refractivity contribution in [3.8, 4) is 0 Å². The molecule has 2 saturated heterocycles. The molecule has 0 spiro atoms. The second kappa shape index (κ2) is 6.53. The molecule has 4 bridgehead atoms. The molecule has 0 amide bonds. The Hall–Kier alpha value is -2.62. The molecule has 0 aliphatic carbocycles. The van der Waals surface area contributed by atoms with Crippen molar-refractivity contribution < 1.29 is 9.47 Å². The molecule has 166 valence electrons. The summed E-state index contributed by atoms with van der Waals surface area (Å²) in [6.07, 6.45) is -0.0841. The van der Waals surface area contributed by atoms with Gasteiger partial charge >= 0.3 is 0 Å². The third-order valence-electron chi connectivity index (χ3n) is 8.47. The van der Waals surface area contributed by atoms with Crippen LogP contribution in [0.25, 0.3) is 0 Å². The Morgan fingerprint density at radius 1 is 0.559 bits per heavy atom. The highest BCUT2D eigenvalue weighted by Crippen LogP contribution is 2.79. The summed E-state index contributed by atoms with van der Waals surface area (Å²) in [5.74, 6) is 0.222. The van der Waals surface area contributed by atoms with Crippen molar-refractivity contribution in [3.63, 3.8) is 0 Å². The Morgan fingerprint density at radius 2 is 0.971 bits per heavy atom. The lowest BCUT2D eigenvalue weighted by atomic mass is 9.55. The molecule has 6 atom stereocenters. The van der Waals surface area contributed by atoms with E-state index in [2.05, 4.69) is 72.8 Å². The Labute approximate surface area is 208 Å². The van der Waals surface area contributed by atoms with Crippen molar-refractivity contribution in [2.75, 3.05) is 0 Å². The summed E-state index contributed by atoms with van der Waals surface area (Å²) in [6.45, 7) is 0. The standard InChI is InChI=1S/C30H20Cl2O2/c31-23-15-21-22(16-24(23)32)30(18-11-5-2-6-12-18)26-25(29(21,34-30)17-9-3-1-4-10-17)27-19-13-7-8-14-20(19)28(26)33-27/h1-16,25-28H/t25-,26+,27+,28-,29-,30+. The van der Waals surface area contributed by atoms with Crippen LogP contribution in [0.15, 0.2) is 97.1 Å². The maximum atomic E-state index is 7.48. The normalized spacial score (nSPS) is 33.6. The summed E-state index contributed by atoms with van der Waals surface area (Å²) in [5.41, 5.74) is 5.67. The fraction of sp³-hybridized carbons (Fsp3) is 0.200. The minimum atomic E-state index is -0.682. The van der Waals surface area contributed by atoms with E-state index >= 15 is 0 Å². The molecular weight excluding hydrogens is 463 g/mol. The first kappa shape index (κ1) is 19.7. The van der Waals surface area contributed by atoms with E-state index in [0.717, 1.165) is 22.3 Å². The largest absolute Gasteiger partial charge is 0.365 e. The molecule has 0 radical (unpaired) electrons. The van der Waals surface area contributed by atoms with E-state index in [1.165, 1.54) is 11.1 Å². The van der Waals surface area contributed by atoms with Gasteiger partial charge in [-0.25, -0.2) is 0 Å². The predicted molar refractivity (Wildman–Crippen MR) is 132 cm³/mol. The smallest absolute Gasteiger partial charge is 0.126 e. The monoisotopic (exact) mass is 482 g/mol. The Bertz CT molecular complexity index is 1360. The van der Waals surface area contributed by atoms with Crippen LogP contribution in [0.1, 0.15) is 45.6 Å². The molecule has 2 fully saturated rings. The van der Waals surface area contributed by atoms with Crippen LogP contribution in [0, 0.1) is 11.8 Å². The van der Waals surface area contributed by atoms with Crippen LogP contribution in [0.5, 0.6) is 0 Å². The van der Waals surface area contributed by atoms with Crippen molar-refractivity contribution in [1.82, 2.24) is 0 Å². The molecule has 4 aromatic carbocycles. The first-order valence-electron chi connectivity index (χ1n) is 11.7. The molecule has 0 unspecified atom stereocenters. The maximum Gasteiger partial charge on any atom is 0.126 e. The SMILES string of the molecule is Clc1cc2c(cc1Cl)[C@]1(c3ccccc3)O[C@@]2(c2ccccc2)[C@@H]2[C@H]1[C@@H]1O[C@H]2c2ccccc21. The highest BCUT2D eigenvalue weighted by molar-refractivity contribution is 6.42. The number of halogens is 2. The topological polar surface area (TPSA) is 18.5 Å². The molecule has 8 rings (SSSR count). The molecule has 2 nitrogen and oxygen atoms in total. The van der Waals surface area contributed by atoms with Crippen LogP contribution in [0.4, 0.5) is 0 Å². The summed E-state index contributed by atoms with van der Waals surface area (Å²) in [5, 5.41) is 1.10. The lowest BCUT2D eigenvalue weighted by molar-refractivity contribution is -0.102. The van der Waals surface area contributed by atoms with Gasteiger partial charge in [0, 0.05) is 11.8 Å². The van der Waals surface area contributed by atoms with Gasteiger partial charge in [0.2, 0.25) is 0 Å². The fourth-order valence-corrected chi connectivity index (χ4v) is 7.73. The van der Waals surface area contributed by atoms with Gasteiger partial charge in [-0.15, -0.1) is 0 Å². The van der Waals surface area contributed by atoms with Gasteiger partial charge in [0.15, 0.2) is 0 Å². The first-order valence-corrected chi connectivity index (χ1v) is 12.5. The van der Waals surface area contributed by atoms with E-state index in [4.69, 9.17) is 32.7 Å². The highest BCUT2D eigenvalue weighted by atomic mass is 35.5. The van der Waals surface area contributed by atoms with Crippen LogP contribution in [-0.4, -0.2) is 0 Å². The molecule has 4 heterocycles. The molecule has 34 heavy (non-hydrogen) atoms. The van der Waals surface area contributed by atoms with Crippen molar-refractivity contribution in [3.05, 3.63) is 140 Å². The van der Waals surface area contributed by atoms with Gasteiger partial charge < -0.3 is 9.47 Å². The third-order valence-corrected chi connectivity index (χ3v) is 9.19. The predicted octanol–water partition coefficient (Wildman–Crippen LogP) is 7.58. The Balaban J connectivity index is 1.51. The maximum absolute atomic E-state index is 7.48. The summed E-state index contributed by atoms with van der Waals surface area (Å²) in [4.78, 5) is 0. The molecule has 4 aromatic rings. The average Bonchev–Trinajstić information content (AvgIpc) is 3.61. The number of hydrogen-bond donors (Lipinski definition) is 0. The Morgan fingerprint density at radius 3 is 1.41 bits per heavy atom. The number of benzene rings is 4. The number of hydrogen-bond acceptors (Lipinski definition) is 2. The lowest BCUT2D eigenvalue weighted by Crippen LogP contribution is -2.43. The van der Waals surface area contributed by atoms with Crippen LogP contribution >= 0.6 is 23.2 Å². The summed E-state index contributed by atoms with van der Waals surface area (Å²) in [6, 6.07) is 33.9. The van der Waals surface area contributed by atoms with Gasteiger partial charge in [-0.3, -0.25) is 0 Å². The molecule has 0 aromatic heterocycles. The number of rotatable bonds is 2. The zero-order valence-corrected chi connectivity index (χ0v) is 19.6. The average molecular weight is 483 g/mol. The molecule has 0 N–H and O–H groups in total. The van der Waals surface area contributed by atoms with Gasteiger partial charge in [0.05, 0.1) is 22.3 Å². The van der Waals surface area contributed by atoms with E-state index in [9.17, 15) is 0 Å². The molecule has 0 saturated carbocycles. The Kier molecular flexibility index (Phi) is 3.78. The van der Waals surface area contributed by atoms with E-state index in [0.29, 0.717) is 10.0 Å². The number of fused-ring (bicyclic) bond motifs is 15. The van der Waals surface area contributed by atoms with Gasteiger partial charge in [-0.2, -0.15) is 0 Å². The molecule has 4 aliphatic heterocycles. The lowest BCUT2D eigenvalue weighted by Gasteiger charge is -2.41. The summed E-state index contributed by atoms with van der Waals surface area (Å²) < 4.78 is 14.3. The quantitative estimate of drug-likeness (QED) is 0.293. The zero-order valence-electron chi connectivity index (χ0n) is 18.1. The van der Waals surface area contributed by atoms with E-state index in [-0.39, 0.29) is 24.0 Å². The molecular formula is C30H20Cl2O2. The third kappa shape index (κ3) is 2.09. The first-order chi connectivity index (χ1) is 16.7. The summed E-state index contributed by atoms with van der Waals surface area (Å²) in [7, 11) is 0. The van der Waals surface area contributed by atoms with Crippen LogP contribution in [0.3, 0.4) is 0 Å². The van der Waals surface area contributed by atoms with Crippen molar-refractivity contribution in [2.24, 2.45) is 11.8 Å². The van der Waals surface area contributed by atoms with Gasteiger partial charge in [-0.05, 0) is 45.5 Å². The van der Waals surface area contributed by atoms with Gasteiger partial charge in [0.1, 0.15) is 11.2 Å².